The molecule has 2 rings (SSSR count). The van der Waals surface area contributed by atoms with Gasteiger partial charge in [-0.3, -0.25) is 0 Å². The molecule has 0 saturated carbocycles. The van der Waals surface area contributed by atoms with Gasteiger partial charge in [-0.1, -0.05) is 27.5 Å². The van der Waals surface area contributed by atoms with Crippen molar-refractivity contribution in [2.24, 2.45) is 0 Å². The number of aryl methyl sites for hydroxylation is 2. The molecule has 0 saturated heterocycles. The van der Waals surface area contributed by atoms with Crippen molar-refractivity contribution in [3.63, 3.8) is 0 Å². The molecular formula is C13H11BrClN3. The molecule has 0 N–H and O–H groups in total. The maximum absolute atomic E-state index is 8.79. The minimum atomic E-state index is 0.278. The van der Waals surface area contributed by atoms with Gasteiger partial charge >= 0.3 is 0 Å². The van der Waals surface area contributed by atoms with Crippen LogP contribution in [0.15, 0.2) is 22.7 Å². The van der Waals surface area contributed by atoms with Gasteiger partial charge in [0.05, 0.1) is 23.9 Å². The second kappa shape index (κ2) is 5.13. The first-order valence-electron chi connectivity index (χ1n) is 5.42. The first-order chi connectivity index (χ1) is 8.54. The molecule has 0 aliphatic carbocycles. The van der Waals surface area contributed by atoms with E-state index in [4.69, 9.17) is 16.9 Å². The topological polar surface area (TPSA) is 41.6 Å². The monoisotopic (exact) mass is 323 g/mol. The lowest BCUT2D eigenvalue weighted by atomic mass is 10.2. The molecule has 1 aromatic carbocycles. The summed E-state index contributed by atoms with van der Waals surface area (Å²) in [6.45, 7) is 3.86. The highest BCUT2D eigenvalue weighted by Gasteiger charge is 2.15. The maximum Gasteiger partial charge on any atom is 0.137 e. The van der Waals surface area contributed by atoms with Crippen LogP contribution >= 0.6 is 27.5 Å². The molecule has 1 heterocycles. The van der Waals surface area contributed by atoms with Gasteiger partial charge in [0.2, 0.25) is 0 Å². The minimum absolute atomic E-state index is 0.278. The van der Waals surface area contributed by atoms with Crippen LogP contribution in [0.1, 0.15) is 16.8 Å². The highest BCUT2D eigenvalue weighted by Crippen LogP contribution is 2.26. The van der Waals surface area contributed by atoms with Crippen LogP contribution in [0.3, 0.4) is 0 Å². The highest BCUT2D eigenvalue weighted by atomic mass is 79.9. The largest absolute Gasteiger partial charge is 0.221 e. The van der Waals surface area contributed by atoms with Crippen molar-refractivity contribution < 1.29 is 0 Å². The SMILES string of the molecule is Cc1cc(Br)ccc1-n1nc(C)c(CC#N)c1Cl. The summed E-state index contributed by atoms with van der Waals surface area (Å²) >= 11 is 9.72. The summed E-state index contributed by atoms with van der Waals surface area (Å²) in [6.07, 6.45) is 0.278. The number of hydrogen-bond donors (Lipinski definition) is 0. The standard InChI is InChI=1S/C13H11BrClN3/c1-8-7-10(14)3-4-12(8)18-13(15)11(5-6-16)9(2)17-18/h3-4,7H,5H2,1-2H3. The molecule has 0 aliphatic heterocycles. The van der Waals surface area contributed by atoms with Crippen molar-refractivity contribution >= 4 is 27.5 Å². The van der Waals surface area contributed by atoms with Gasteiger partial charge < -0.3 is 0 Å². The Labute approximate surface area is 119 Å². The van der Waals surface area contributed by atoms with E-state index < -0.39 is 0 Å². The number of halogens is 2. The van der Waals surface area contributed by atoms with Crippen LogP contribution in [0.2, 0.25) is 5.15 Å². The van der Waals surface area contributed by atoms with Gasteiger partial charge in [0.25, 0.3) is 0 Å². The fraction of sp³-hybridized carbons (Fsp3) is 0.231. The minimum Gasteiger partial charge on any atom is -0.221 e. The summed E-state index contributed by atoms with van der Waals surface area (Å²) in [5.41, 5.74) is 3.58. The van der Waals surface area contributed by atoms with Crippen LogP contribution in [-0.2, 0) is 6.42 Å². The van der Waals surface area contributed by atoms with Crippen molar-refractivity contribution in [3.05, 3.63) is 44.6 Å². The van der Waals surface area contributed by atoms with E-state index in [2.05, 4.69) is 27.1 Å². The lowest BCUT2D eigenvalue weighted by Crippen LogP contribution is -1.99. The third-order valence-electron chi connectivity index (χ3n) is 2.76. The summed E-state index contributed by atoms with van der Waals surface area (Å²) in [5, 5.41) is 13.7. The number of rotatable bonds is 2. The Hall–Kier alpha value is -1.31. The molecule has 1 aromatic heterocycles. The van der Waals surface area contributed by atoms with Crippen LogP contribution < -0.4 is 0 Å². The van der Waals surface area contributed by atoms with E-state index in [1.165, 1.54) is 0 Å². The molecule has 0 fully saturated rings. The van der Waals surface area contributed by atoms with E-state index >= 15 is 0 Å². The number of hydrogen-bond acceptors (Lipinski definition) is 2. The van der Waals surface area contributed by atoms with Gasteiger partial charge in [-0.25, -0.2) is 4.68 Å². The Morgan fingerprint density at radius 3 is 2.78 bits per heavy atom. The van der Waals surface area contributed by atoms with E-state index in [9.17, 15) is 0 Å². The Balaban J connectivity index is 2.58. The second-order valence-corrected chi connectivity index (χ2v) is 5.31. The van der Waals surface area contributed by atoms with Gasteiger partial charge in [0.1, 0.15) is 5.15 Å². The third-order valence-corrected chi connectivity index (χ3v) is 3.65. The molecule has 0 amide bonds. The zero-order valence-corrected chi connectivity index (χ0v) is 12.4. The molecular weight excluding hydrogens is 314 g/mol. The number of nitriles is 1. The van der Waals surface area contributed by atoms with Gasteiger partial charge in [0, 0.05) is 10.0 Å². The smallest absolute Gasteiger partial charge is 0.137 e. The Morgan fingerprint density at radius 2 is 2.17 bits per heavy atom. The summed E-state index contributed by atoms with van der Waals surface area (Å²) in [6, 6.07) is 8.01. The summed E-state index contributed by atoms with van der Waals surface area (Å²) < 4.78 is 2.70. The summed E-state index contributed by atoms with van der Waals surface area (Å²) in [4.78, 5) is 0. The van der Waals surface area contributed by atoms with Crippen LogP contribution in [-0.4, -0.2) is 9.78 Å². The number of benzene rings is 1. The molecule has 0 bridgehead atoms. The van der Waals surface area contributed by atoms with E-state index in [-0.39, 0.29) is 6.42 Å². The van der Waals surface area contributed by atoms with Crippen LogP contribution in [0.25, 0.3) is 5.69 Å². The summed E-state index contributed by atoms with van der Waals surface area (Å²) in [7, 11) is 0. The van der Waals surface area contributed by atoms with E-state index in [1.807, 2.05) is 32.0 Å². The fourth-order valence-electron chi connectivity index (χ4n) is 1.83. The second-order valence-electron chi connectivity index (χ2n) is 4.03. The van der Waals surface area contributed by atoms with Crippen molar-refractivity contribution in [2.45, 2.75) is 20.3 Å². The maximum atomic E-state index is 8.79. The molecule has 92 valence electrons. The molecule has 0 radical (unpaired) electrons. The highest BCUT2D eigenvalue weighted by molar-refractivity contribution is 9.10. The summed E-state index contributed by atoms with van der Waals surface area (Å²) in [5.74, 6) is 0. The fourth-order valence-corrected chi connectivity index (χ4v) is 2.64. The van der Waals surface area contributed by atoms with Crippen molar-refractivity contribution in [1.82, 2.24) is 9.78 Å². The Bertz CT molecular complexity index is 640. The van der Waals surface area contributed by atoms with E-state index in [0.717, 1.165) is 27.0 Å². The third kappa shape index (κ3) is 2.29. The zero-order valence-electron chi connectivity index (χ0n) is 10.0. The van der Waals surface area contributed by atoms with Crippen molar-refractivity contribution in [2.75, 3.05) is 0 Å². The first-order valence-corrected chi connectivity index (χ1v) is 6.59. The van der Waals surface area contributed by atoms with Gasteiger partial charge in [-0.2, -0.15) is 10.4 Å². The lowest BCUT2D eigenvalue weighted by Gasteiger charge is -2.07. The molecule has 5 heteroatoms. The van der Waals surface area contributed by atoms with Gasteiger partial charge in [-0.05, 0) is 37.6 Å². The normalized spacial score (nSPS) is 10.4. The van der Waals surface area contributed by atoms with Crippen LogP contribution in [0, 0.1) is 25.2 Å². The van der Waals surface area contributed by atoms with Crippen molar-refractivity contribution in [3.8, 4) is 11.8 Å². The molecule has 0 unspecified atom stereocenters. The Morgan fingerprint density at radius 1 is 1.44 bits per heavy atom. The lowest BCUT2D eigenvalue weighted by molar-refractivity contribution is 0.856. The predicted molar refractivity (Wildman–Crippen MR) is 75.1 cm³/mol. The van der Waals surface area contributed by atoms with E-state index in [1.54, 1.807) is 4.68 Å². The average molecular weight is 325 g/mol. The molecule has 2 aromatic rings. The first kappa shape index (κ1) is 13.1. The van der Waals surface area contributed by atoms with Crippen LogP contribution in [0.5, 0.6) is 0 Å². The number of aromatic nitrogens is 2. The number of nitrogens with zero attached hydrogens (tertiary/aromatic N) is 3. The Kier molecular flexibility index (Phi) is 3.74. The van der Waals surface area contributed by atoms with Crippen molar-refractivity contribution in [1.29, 1.82) is 5.26 Å². The van der Waals surface area contributed by atoms with Gasteiger partial charge in [0.15, 0.2) is 0 Å². The average Bonchev–Trinajstić information content (AvgIpc) is 2.58. The van der Waals surface area contributed by atoms with Gasteiger partial charge in [-0.15, -0.1) is 0 Å². The molecule has 0 aliphatic rings. The van der Waals surface area contributed by atoms with E-state index in [0.29, 0.717) is 5.15 Å². The molecule has 0 spiro atoms. The zero-order chi connectivity index (χ0) is 13.3. The molecule has 3 nitrogen and oxygen atoms in total. The quantitative estimate of drug-likeness (QED) is 0.838. The molecule has 18 heavy (non-hydrogen) atoms. The molecule has 0 atom stereocenters. The predicted octanol–water partition coefficient (Wildman–Crippen LogP) is 3.97. The van der Waals surface area contributed by atoms with Crippen LogP contribution in [0.4, 0.5) is 0 Å².